The molecule has 0 bridgehead atoms. The third-order valence-electron chi connectivity index (χ3n) is 5.68. The monoisotopic (exact) mass is 570 g/mol. The lowest BCUT2D eigenvalue weighted by Crippen LogP contribution is -2.12. The lowest BCUT2D eigenvalue weighted by Gasteiger charge is -2.07. The standard InChI is InChI=1S/C27H55IO4/c1-2-3-4-5-6-7-8-9-10-11-12-14-17-20-29-22-24-31-26-27-32-25-23-30-21-18-15-13-16-19-28/h2-27H2,1H3. The Bertz CT molecular complexity index is 288. The Morgan fingerprint density at radius 3 is 0.969 bits per heavy atom. The molecule has 32 heavy (non-hydrogen) atoms. The minimum absolute atomic E-state index is 0.637. The van der Waals surface area contributed by atoms with Gasteiger partial charge in [-0.3, -0.25) is 0 Å². The average molecular weight is 571 g/mol. The van der Waals surface area contributed by atoms with E-state index in [0.717, 1.165) is 13.2 Å². The summed E-state index contributed by atoms with van der Waals surface area (Å²) in [4.78, 5) is 0. The van der Waals surface area contributed by atoms with E-state index in [0.29, 0.717) is 39.6 Å². The van der Waals surface area contributed by atoms with E-state index in [1.807, 2.05) is 0 Å². The molecule has 4 nitrogen and oxygen atoms in total. The molecule has 0 amide bonds. The van der Waals surface area contributed by atoms with Crippen LogP contribution < -0.4 is 0 Å². The zero-order chi connectivity index (χ0) is 23.2. The molecular formula is C27H55IO4. The summed E-state index contributed by atoms with van der Waals surface area (Å²) < 4.78 is 23.6. The van der Waals surface area contributed by atoms with E-state index >= 15 is 0 Å². The van der Waals surface area contributed by atoms with Crippen LogP contribution in [0, 0.1) is 0 Å². The molecule has 0 aromatic carbocycles. The topological polar surface area (TPSA) is 36.9 Å². The molecule has 0 N–H and O–H groups in total. The van der Waals surface area contributed by atoms with Gasteiger partial charge in [-0.25, -0.2) is 0 Å². The number of alkyl halides is 1. The summed E-state index contributed by atoms with van der Waals surface area (Å²) in [6.07, 6.45) is 23.1. The zero-order valence-corrected chi connectivity index (χ0v) is 23.6. The van der Waals surface area contributed by atoms with Gasteiger partial charge < -0.3 is 18.9 Å². The molecule has 0 unspecified atom stereocenters. The fraction of sp³-hybridized carbons (Fsp3) is 1.00. The van der Waals surface area contributed by atoms with Crippen LogP contribution in [0.1, 0.15) is 116 Å². The van der Waals surface area contributed by atoms with Crippen LogP contribution in [0.2, 0.25) is 0 Å². The number of ether oxygens (including phenoxy) is 4. The molecule has 0 aliphatic rings. The van der Waals surface area contributed by atoms with E-state index in [1.54, 1.807) is 0 Å². The van der Waals surface area contributed by atoms with E-state index in [9.17, 15) is 0 Å². The van der Waals surface area contributed by atoms with Crippen LogP contribution in [0.3, 0.4) is 0 Å². The molecule has 0 aromatic heterocycles. The maximum absolute atomic E-state index is 5.65. The van der Waals surface area contributed by atoms with Gasteiger partial charge in [0.05, 0.1) is 39.6 Å². The molecule has 0 aliphatic carbocycles. The zero-order valence-electron chi connectivity index (χ0n) is 21.4. The van der Waals surface area contributed by atoms with Gasteiger partial charge in [-0.2, -0.15) is 0 Å². The highest BCUT2D eigenvalue weighted by Crippen LogP contribution is 2.12. The summed E-state index contributed by atoms with van der Waals surface area (Å²) in [6.45, 7) is 7.99. The van der Waals surface area contributed by atoms with Gasteiger partial charge in [-0.15, -0.1) is 0 Å². The van der Waals surface area contributed by atoms with E-state index < -0.39 is 0 Å². The quantitative estimate of drug-likeness (QED) is 0.0517. The second-order valence-electron chi connectivity index (χ2n) is 8.80. The first kappa shape index (κ1) is 32.6. The molecule has 0 saturated heterocycles. The predicted octanol–water partition coefficient (Wildman–Crippen LogP) is 8.14. The first-order valence-electron chi connectivity index (χ1n) is 13.8. The number of hydrogen-bond acceptors (Lipinski definition) is 4. The molecule has 0 saturated carbocycles. The molecule has 0 rings (SSSR count). The molecule has 0 aromatic rings. The van der Waals surface area contributed by atoms with Crippen molar-refractivity contribution in [3.8, 4) is 0 Å². The lowest BCUT2D eigenvalue weighted by atomic mass is 10.0. The number of unbranched alkanes of at least 4 members (excludes halogenated alkanes) is 15. The molecule has 0 spiro atoms. The first-order chi connectivity index (χ1) is 15.9. The Labute approximate surface area is 214 Å². The van der Waals surface area contributed by atoms with Gasteiger partial charge in [0.2, 0.25) is 0 Å². The minimum Gasteiger partial charge on any atom is -0.379 e. The van der Waals surface area contributed by atoms with Gasteiger partial charge in [0.25, 0.3) is 0 Å². The molecule has 0 fully saturated rings. The SMILES string of the molecule is CCCCCCCCCCCCCCCOCCOCCOCCOCCCCCCI. The van der Waals surface area contributed by atoms with Crippen LogP contribution in [-0.4, -0.2) is 57.3 Å². The molecule has 0 atom stereocenters. The summed E-state index contributed by atoms with van der Waals surface area (Å²) in [5, 5.41) is 0. The van der Waals surface area contributed by atoms with Gasteiger partial charge in [0, 0.05) is 13.2 Å². The fourth-order valence-electron chi connectivity index (χ4n) is 3.64. The van der Waals surface area contributed by atoms with Gasteiger partial charge in [-0.05, 0) is 23.7 Å². The molecule has 0 aliphatic heterocycles. The normalized spacial score (nSPS) is 11.4. The smallest absolute Gasteiger partial charge is 0.0701 e. The Balaban J connectivity index is 2.98. The second-order valence-corrected chi connectivity index (χ2v) is 9.87. The maximum atomic E-state index is 5.65. The van der Waals surface area contributed by atoms with Crippen LogP contribution in [0.4, 0.5) is 0 Å². The van der Waals surface area contributed by atoms with Crippen molar-refractivity contribution in [1.29, 1.82) is 0 Å². The van der Waals surface area contributed by atoms with Gasteiger partial charge in [0.1, 0.15) is 0 Å². The molecule has 0 heterocycles. The van der Waals surface area contributed by atoms with Crippen molar-refractivity contribution in [2.45, 2.75) is 116 Å². The second kappa shape index (κ2) is 31.6. The highest BCUT2D eigenvalue weighted by atomic mass is 127. The number of rotatable bonds is 29. The highest BCUT2D eigenvalue weighted by molar-refractivity contribution is 14.1. The van der Waals surface area contributed by atoms with Crippen LogP contribution >= 0.6 is 22.6 Å². The number of hydrogen-bond donors (Lipinski definition) is 0. The summed E-state index contributed by atoms with van der Waals surface area (Å²) in [5.41, 5.74) is 0. The Hall–Kier alpha value is 0.570. The summed E-state index contributed by atoms with van der Waals surface area (Å²) in [5.74, 6) is 0. The molecule has 194 valence electrons. The Morgan fingerprint density at radius 1 is 0.344 bits per heavy atom. The average Bonchev–Trinajstić information content (AvgIpc) is 2.81. The third kappa shape index (κ3) is 30.6. The van der Waals surface area contributed by atoms with Crippen molar-refractivity contribution >= 4 is 22.6 Å². The minimum atomic E-state index is 0.637. The Morgan fingerprint density at radius 2 is 0.625 bits per heavy atom. The van der Waals surface area contributed by atoms with Gasteiger partial charge in [0.15, 0.2) is 0 Å². The molecule has 0 radical (unpaired) electrons. The van der Waals surface area contributed by atoms with Gasteiger partial charge >= 0.3 is 0 Å². The highest BCUT2D eigenvalue weighted by Gasteiger charge is 1.96. The van der Waals surface area contributed by atoms with Crippen molar-refractivity contribution < 1.29 is 18.9 Å². The van der Waals surface area contributed by atoms with Crippen molar-refractivity contribution in [1.82, 2.24) is 0 Å². The van der Waals surface area contributed by atoms with Crippen molar-refractivity contribution in [3.05, 3.63) is 0 Å². The summed E-state index contributed by atoms with van der Waals surface area (Å²) in [7, 11) is 0. The van der Waals surface area contributed by atoms with Crippen LogP contribution in [0.5, 0.6) is 0 Å². The van der Waals surface area contributed by atoms with Crippen LogP contribution in [0.25, 0.3) is 0 Å². The Kier molecular flexibility index (Phi) is 32.1. The van der Waals surface area contributed by atoms with E-state index in [-0.39, 0.29) is 0 Å². The van der Waals surface area contributed by atoms with E-state index in [1.165, 1.54) is 114 Å². The van der Waals surface area contributed by atoms with Crippen LogP contribution in [0.15, 0.2) is 0 Å². The fourth-order valence-corrected chi connectivity index (χ4v) is 4.18. The largest absolute Gasteiger partial charge is 0.379 e. The van der Waals surface area contributed by atoms with Crippen molar-refractivity contribution in [2.75, 3.05) is 57.3 Å². The van der Waals surface area contributed by atoms with Crippen molar-refractivity contribution in [2.24, 2.45) is 0 Å². The number of halogens is 1. The first-order valence-corrected chi connectivity index (χ1v) is 15.3. The van der Waals surface area contributed by atoms with E-state index in [4.69, 9.17) is 18.9 Å². The predicted molar refractivity (Wildman–Crippen MR) is 146 cm³/mol. The third-order valence-corrected chi connectivity index (χ3v) is 6.44. The van der Waals surface area contributed by atoms with E-state index in [2.05, 4.69) is 29.5 Å². The lowest BCUT2D eigenvalue weighted by molar-refractivity contribution is -0.00248. The summed E-state index contributed by atoms with van der Waals surface area (Å²) >= 11 is 2.44. The molecular weight excluding hydrogens is 515 g/mol. The maximum Gasteiger partial charge on any atom is 0.0701 e. The van der Waals surface area contributed by atoms with Crippen LogP contribution in [-0.2, 0) is 18.9 Å². The van der Waals surface area contributed by atoms with Gasteiger partial charge in [-0.1, -0.05) is 119 Å². The summed E-state index contributed by atoms with van der Waals surface area (Å²) in [6, 6.07) is 0. The molecule has 5 heteroatoms. The van der Waals surface area contributed by atoms with Crippen molar-refractivity contribution in [3.63, 3.8) is 0 Å².